The van der Waals surface area contributed by atoms with Crippen LogP contribution in [0, 0.1) is 0 Å². The third-order valence-corrected chi connectivity index (χ3v) is 8.63. The van der Waals surface area contributed by atoms with Crippen molar-refractivity contribution in [3.05, 3.63) is 96.1 Å². The molecule has 1 aliphatic rings. The molecule has 0 saturated heterocycles. The van der Waals surface area contributed by atoms with E-state index in [0.29, 0.717) is 0 Å². The summed E-state index contributed by atoms with van der Waals surface area (Å²) in [5.41, 5.74) is 2.41. The summed E-state index contributed by atoms with van der Waals surface area (Å²) in [6.07, 6.45) is 0.943. The van der Waals surface area contributed by atoms with Crippen molar-refractivity contribution >= 4 is 18.1 Å². The average Bonchev–Trinajstić information content (AvgIpc) is 2.85. The van der Waals surface area contributed by atoms with Crippen molar-refractivity contribution in [2.45, 2.75) is 25.6 Å². The zero-order valence-electron chi connectivity index (χ0n) is 14.1. The Morgan fingerprint density at radius 1 is 0.750 bits per heavy atom. The topological polar surface area (TPSA) is 9.23 Å². The molecule has 1 heterocycles. The van der Waals surface area contributed by atoms with E-state index in [1.807, 2.05) is 0 Å². The summed E-state index contributed by atoms with van der Waals surface area (Å²) in [6.45, 7) is 4.39. The van der Waals surface area contributed by atoms with E-state index in [1.54, 1.807) is 0 Å². The van der Waals surface area contributed by atoms with Crippen molar-refractivity contribution < 1.29 is 4.52 Å². The van der Waals surface area contributed by atoms with Gasteiger partial charge in [-0.05, 0) is 37.6 Å². The van der Waals surface area contributed by atoms with E-state index in [2.05, 4.69) is 98.8 Å². The second-order valence-electron chi connectivity index (χ2n) is 6.84. The van der Waals surface area contributed by atoms with Crippen LogP contribution in [0.2, 0.25) is 0 Å². The lowest BCUT2D eigenvalue weighted by molar-refractivity contribution is 0.137. The van der Waals surface area contributed by atoms with Crippen LogP contribution in [0.1, 0.15) is 25.0 Å². The molecule has 0 aromatic heterocycles. The second kappa shape index (κ2) is 5.84. The largest absolute Gasteiger partial charge is 0.216 e. The van der Waals surface area contributed by atoms with Crippen LogP contribution in [0.15, 0.2) is 84.9 Å². The minimum Gasteiger partial charge on any atom is -0.216 e. The SMILES string of the molecule is CC1(C)O[P+](Cc2ccccc2)(c2ccccc2)c2ccccc21. The number of rotatable bonds is 3. The number of hydrogen-bond acceptors (Lipinski definition) is 1. The van der Waals surface area contributed by atoms with E-state index in [4.69, 9.17) is 4.52 Å². The maximum absolute atomic E-state index is 6.91. The summed E-state index contributed by atoms with van der Waals surface area (Å²) in [7, 11) is -1.93. The molecular formula is C22H22OP+. The molecule has 0 amide bonds. The minimum atomic E-state index is -1.93. The summed E-state index contributed by atoms with van der Waals surface area (Å²) in [5.74, 6) is 0. The molecule has 0 N–H and O–H groups in total. The van der Waals surface area contributed by atoms with E-state index in [0.717, 1.165) is 6.16 Å². The summed E-state index contributed by atoms with van der Waals surface area (Å²) < 4.78 is 6.91. The predicted molar refractivity (Wildman–Crippen MR) is 103 cm³/mol. The zero-order valence-corrected chi connectivity index (χ0v) is 15.0. The molecule has 2 heteroatoms. The first-order valence-electron chi connectivity index (χ1n) is 8.40. The van der Waals surface area contributed by atoms with Crippen LogP contribution in [-0.2, 0) is 16.3 Å². The molecule has 3 aromatic rings. The van der Waals surface area contributed by atoms with Gasteiger partial charge < -0.3 is 0 Å². The smallest absolute Gasteiger partial charge is 0.216 e. The van der Waals surface area contributed by atoms with Crippen LogP contribution in [0.25, 0.3) is 0 Å². The Hall–Kier alpha value is -1.95. The van der Waals surface area contributed by atoms with E-state index >= 15 is 0 Å². The maximum Gasteiger partial charge on any atom is 0.216 e. The highest BCUT2D eigenvalue weighted by atomic mass is 31.2. The van der Waals surface area contributed by atoms with Crippen molar-refractivity contribution in [1.82, 2.24) is 0 Å². The van der Waals surface area contributed by atoms with Crippen LogP contribution in [0.4, 0.5) is 0 Å². The Labute approximate surface area is 144 Å². The molecule has 3 aromatic carbocycles. The lowest BCUT2D eigenvalue weighted by Crippen LogP contribution is -2.22. The first kappa shape index (κ1) is 15.6. The van der Waals surface area contributed by atoms with Crippen LogP contribution in [0.3, 0.4) is 0 Å². The monoisotopic (exact) mass is 333 g/mol. The van der Waals surface area contributed by atoms with Crippen molar-refractivity contribution in [3.8, 4) is 0 Å². The second-order valence-corrected chi connectivity index (χ2v) is 9.81. The molecule has 0 aliphatic carbocycles. The Bertz CT molecular complexity index is 842. The van der Waals surface area contributed by atoms with Gasteiger partial charge in [-0.3, -0.25) is 0 Å². The van der Waals surface area contributed by atoms with Gasteiger partial charge in [-0.25, -0.2) is 4.52 Å². The van der Waals surface area contributed by atoms with Crippen molar-refractivity contribution in [2.75, 3.05) is 0 Å². The van der Waals surface area contributed by atoms with Gasteiger partial charge in [0.1, 0.15) is 22.4 Å². The van der Waals surface area contributed by atoms with Crippen molar-refractivity contribution in [3.63, 3.8) is 0 Å². The van der Waals surface area contributed by atoms with E-state index < -0.39 is 7.49 Å². The lowest BCUT2D eigenvalue weighted by atomic mass is 9.99. The Morgan fingerprint density at radius 3 is 2.04 bits per heavy atom. The Morgan fingerprint density at radius 2 is 1.33 bits per heavy atom. The van der Waals surface area contributed by atoms with Crippen LogP contribution in [-0.4, -0.2) is 0 Å². The van der Waals surface area contributed by atoms with Gasteiger partial charge >= 0.3 is 0 Å². The van der Waals surface area contributed by atoms with Gasteiger partial charge in [0, 0.05) is 5.56 Å². The zero-order chi connectivity index (χ0) is 16.6. The molecule has 24 heavy (non-hydrogen) atoms. The van der Waals surface area contributed by atoms with Gasteiger partial charge in [-0.15, -0.1) is 0 Å². The van der Waals surface area contributed by atoms with Gasteiger partial charge in [0.25, 0.3) is 0 Å². The van der Waals surface area contributed by atoms with Gasteiger partial charge in [0.2, 0.25) is 7.49 Å². The maximum atomic E-state index is 6.91. The molecule has 1 atom stereocenters. The first-order chi connectivity index (χ1) is 11.6. The van der Waals surface area contributed by atoms with Crippen LogP contribution in [0.5, 0.6) is 0 Å². The fraction of sp³-hybridized carbons (Fsp3) is 0.182. The van der Waals surface area contributed by atoms with E-state index in [1.165, 1.54) is 21.7 Å². The molecule has 0 fully saturated rings. The molecule has 0 spiro atoms. The van der Waals surface area contributed by atoms with Gasteiger partial charge in [0.15, 0.2) is 0 Å². The molecular weight excluding hydrogens is 311 g/mol. The number of hydrogen-bond donors (Lipinski definition) is 0. The van der Waals surface area contributed by atoms with Crippen molar-refractivity contribution in [2.24, 2.45) is 0 Å². The number of benzene rings is 3. The molecule has 0 radical (unpaired) electrons. The highest BCUT2D eigenvalue weighted by Crippen LogP contribution is 2.68. The van der Waals surface area contributed by atoms with E-state index in [-0.39, 0.29) is 5.60 Å². The first-order valence-corrected chi connectivity index (χ1v) is 10.3. The summed E-state index contributed by atoms with van der Waals surface area (Å²) in [6, 6.07) is 30.3. The molecule has 1 aliphatic heterocycles. The predicted octanol–water partition coefficient (Wildman–Crippen LogP) is 5.04. The number of fused-ring (bicyclic) bond motifs is 1. The summed E-state index contributed by atoms with van der Waals surface area (Å²) >= 11 is 0. The fourth-order valence-corrected chi connectivity index (χ4v) is 7.91. The quantitative estimate of drug-likeness (QED) is 0.611. The highest BCUT2D eigenvalue weighted by molar-refractivity contribution is 7.85. The minimum absolute atomic E-state index is 0.255. The van der Waals surface area contributed by atoms with Crippen LogP contribution >= 0.6 is 7.49 Å². The lowest BCUT2D eigenvalue weighted by Gasteiger charge is -2.24. The third-order valence-electron chi connectivity index (χ3n) is 4.75. The van der Waals surface area contributed by atoms with Crippen molar-refractivity contribution in [1.29, 1.82) is 0 Å². The Balaban J connectivity index is 1.93. The fourth-order valence-electron chi connectivity index (χ4n) is 3.70. The Kier molecular flexibility index (Phi) is 3.79. The molecule has 0 saturated carbocycles. The summed E-state index contributed by atoms with van der Waals surface area (Å²) in [5, 5.41) is 2.72. The standard InChI is InChI=1S/C22H22OP/c1-22(2)20-15-9-10-16-21(20)24(23-22,19-13-7-4-8-14-19)17-18-11-5-3-6-12-18/h3-16H,17H2,1-2H3/q+1. The van der Waals surface area contributed by atoms with Gasteiger partial charge in [-0.1, -0.05) is 66.7 Å². The molecule has 0 bridgehead atoms. The molecule has 1 nitrogen and oxygen atoms in total. The summed E-state index contributed by atoms with van der Waals surface area (Å²) in [4.78, 5) is 0. The van der Waals surface area contributed by atoms with E-state index in [9.17, 15) is 0 Å². The third kappa shape index (κ3) is 2.49. The normalized spacial score (nSPS) is 21.4. The van der Waals surface area contributed by atoms with Gasteiger partial charge in [0.05, 0.1) is 0 Å². The molecule has 4 rings (SSSR count). The molecule has 1 unspecified atom stereocenters. The highest BCUT2D eigenvalue weighted by Gasteiger charge is 2.58. The average molecular weight is 333 g/mol. The van der Waals surface area contributed by atoms with Crippen LogP contribution < -0.4 is 10.6 Å². The van der Waals surface area contributed by atoms with Gasteiger partial charge in [-0.2, -0.15) is 0 Å². The molecule has 120 valence electrons.